The third kappa shape index (κ3) is 3.90. The first-order valence-corrected chi connectivity index (χ1v) is 8.22. The molecular formula is C16H20ClNOS. The molecule has 0 aliphatic carbocycles. The molecule has 1 aromatic carbocycles. The van der Waals surface area contributed by atoms with Crippen molar-refractivity contribution in [1.29, 1.82) is 0 Å². The molecule has 2 aromatic rings. The topological polar surface area (TPSA) is 21.3 Å². The van der Waals surface area contributed by atoms with Gasteiger partial charge in [0, 0.05) is 9.90 Å². The van der Waals surface area contributed by atoms with Gasteiger partial charge in [-0.15, -0.1) is 11.3 Å². The summed E-state index contributed by atoms with van der Waals surface area (Å²) in [4.78, 5) is 1.33. The highest BCUT2D eigenvalue weighted by atomic mass is 35.5. The Bertz CT molecular complexity index is 527. The molecule has 0 amide bonds. The Balaban J connectivity index is 2.19. The smallest absolute Gasteiger partial charge is 0.142 e. The average molecular weight is 310 g/mol. The predicted molar refractivity (Wildman–Crippen MR) is 88.2 cm³/mol. The molecule has 2 nitrogen and oxygen atoms in total. The van der Waals surface area contributed by atoms with Crippen LogP contribution in [-0.4, -0.2) is 6.61 Å². The molecule has 0 saturated heterocycles. The summed E-state index contributed by atoms with van der Waals surface area (Å²) >= 11 is 7.88. The van der Waals surface area contributed by atoms with Crippen LogP contribution in [0.15, 0.2) is 35.7 Å². The fraction of sp³-hybridized carbons (Fsp3) is 0.375. The fourth-order valence-electron chi connectivity index (χ4n) is 2.00. The van der Waals surface area contributed by atoms with Gasteiger partial charge in [0.1, 0.15) is 5.75 Å². The predicted octanol–water partition coefficient (Wildman–Crippen LogP) is 5.75. The van der Waals surface area contributed by atoms with E-state index in [2.05, 4.69) is 36.7 Å². The molecular weight excluding hydrogens is 290 g/mol. The molecule has 1 unspecified atom stereocenters. The lowest BCUT2D eigenvalue weighted by molar-refractivity contribution is 0.318. The van der Waals surface area contributed by atoms with E-state index >= 15 is 0 Å². The van der Waals surface area contributed by atoms with E-state index in [0.29, 0.717) is 6.61 Å². The fourth-order valence-corrected chi connectivity index (χ4v) is 3.04. The summed E-state index contributed by atoms with van der Waals surface area (Å²) in [6.07, 6.45) is 2.00. The van der Waals surface area contributed by atoms with E-state index < -0.39 is 0 Å². The van der Waals surface area contributed by atoms with Crippen LogP contribution in [0.25, 0.3) is 0 Å². The van der Waals surface area contributed by atoms with Crippen molar-refractivity contribution in [2.75, 3.05) is 11.9 Å². The highest BCUT2D eigenvalue weighted by molar-refractivity contribution is 7.10. The quantitative estimate of drug-likeness (QED) is 0.702. The Morgan fingerprint density at radius 1 is 1.30 bits per heavy atom. The van der Waals surface area contributed by atoms with Crippen molar-refractivity contribution in [2.45, 2.75) is 32.7 Å². The Morgan fingerprint density at radius 3 is 2.80 bits per heavy atom. The number of hydrogen-bond acceptors (Lipinski definition) is 3. The maximum absolute atomic E-state index is 6.11. The van der Waals surface area contributed by atoms with Gasteiger partial charge in [-0.3, -0.25) is 0 Å². The molecule has 0 spiro atoms. The molecule has 20 heavy (non-hydrogen) atoms. The van der Waals surface area contributed by atoms with Gasteiger partial charge in [0.2, 0.25) is 0 Å². The van der Waals surface area contributed by atoms with Crippen molar-refractivity contribution in [3.8, 4) is 5.75 Å². The highest BCUT2D eigenvalue weighted by Gasteiger charge is 2.13. The number of nitrogens with one attached hydrogen (secondary N) is 1. The van der Waals surface area contributed by atoms with Crippen molar-refractivity contribution in [3.05, 3.63) is 45.6 Å². The summed E-state index contributed by atoms with van der Waals surface area (Å²) in [6, 6.07) is 10.3. The van der Waals surface area contributed by atoms with Gasteiger partial charge < -0.3 is 10.1 Å². The minimum atomic E-state index is 0.289. The average Bonchev–Trinajstić information content (AvgIpc) is 2.97. The Morgan fingerprint density at radius 2 is 2.15 bits per heavy atom. The zero-order valence-electron chi connectivity index (χ0n) is 11.9. The van der Waals surface area contributed by atoms with Crippen molar-refractivity contribution in [1.82, 2.24) is 0 Å². The third-order valence-corrected chi connectivity index (χ3v) is 4.25. The minimum absolute atomic E-state index is 0.289. The summed E-state index contributed by atoms with van der Waals surface area (Å²) in [6.45, 7) is 4.99. The van der Waals surface area contributed by atoms with E-state index in [0.717, 1.165) is 29.3 Å². The Hall–Kier alpha value is -1.19. The second-order valence-electron chi connectivity index (χ2n) is 4.61. The van der Waals surface area contributed by atoms with Crippen LogP contribution in [0.5, 0.6) is 5.75 Å². The molecule has 1 atom stereocenters. The molecule has 1 N–H and O–H groups in total. The van der Waals surface area contributed by atoms with Crippen molar-refractivity contribution < 1.29 is 4.74 Å². The number of anilines is 1. The molecule has 1 heterocycles. The Kier molecular flexibility index (Phi) is 5.74. The van der Waals surface area contributed by atoms with Crippen LogP contribution in [-0.2, 0) is 0 Å². The molecule has 0 radical (unpaired) electrons. The van der Waals surface area contributed by atoms with Gasteiger partial charge >= 0.3 is 0 Å². The summed E-state index contributed by atoms with van der Waals surface area (Å²) in [7, 11) is 0. The van der Waals surface area contributed by atoms with Crippen molar-refractivity contribution in [3.63, 3.8) is 0 Å². The lowest BCUT2D eigenvalue weighted by atomic mass is 10.1. The van der Waals surface area contributed by atoms with Crippen molar-refractivity contribution >= 4 is 28.6 Å². The van der Waals surface area contributed by atoms with Gasteiger partial charge in [0.15, 0.2) is 0 Å². The van der Waals surface area contributed by atoms with E-state index in [4.69, 9.17) is 16.3 Å². The van der Waals surface area contributed by atoms with E-state index in [1.807, 2.05) is 18.2 Å². The molecule has 2 rings (SSSR count). The van der Waals surface area contributed by atoms with Gasteiger partial charge in [0.05, 0.1) is 18.3 Å². The van der Waals surface area contributed by atoms with Crippen LogP contribution in [0, 0.1) is 0 Å². The summed E-state index contributed by atoms with van der Waals surface area (Å²) in [5, 5.41) is 6.37. The van der Waals surface area contributed by atoms with Gasteiger partial charge in [-0.1, -0.05) is 31.5 Å². The normalized spacial score (nSPS) is 12.2. The SMILES string of the molecule is CCCOc1ccc(Cl)cc1NC(CC)c1cccs1. The van der Waals surface area contributed by atoms with E-state index in [1.165, 1.54) is 4.88 Å². The molecule has 0 bridgehead atoms. The second kappa shape index (κ2) is 7.55. The lowest BCUT2D eigenvalue weighted by Crippen LogP contribution is -2.09. The van der Waals surface area contributed by atoms with Gasteiger partial charge in [-0.25, -0.2) is 0 Å². The first-order chi connectivity index (χ1) is 9.74. The molecule has 108 valence electrons. The molecule has 0 fully saturated rings. The zero-order chi connectivity index (χ0) is 14.4. The van der Waals surface area contributed by atoms with Crippen LogP contribution < -0.4 is 10.1 Å². The van der Waals surface area contributed by atoms with Crippen molar-refractivity contribution in [2.24, 2.45) is 0 Å². The number of rotatable bonds is 7. The maximum atomic E-state index is 6.11. The first-order valence-electron chi connectivity index (χ1n) is 6.96. The molecule has 4 heteroatoms. The standard InChI is InChI=1S/C16H20ClNOS/c1-3-9-19-15-8-7-12(17)11-14(15)18-13(4-2)16-6-5-10-20-16/h5-8,10-11,13,18H,3-4,9H2,1-2H3. The van der Waals surface area contributed by atoms with Gasteiger partial charge in [-0.05, 0) is 42.5 Å². The zero-order valence-corrected chi connectivity index (χ0v) is 13.4. The molecule has 0 saturated carbocycles. The largest absolute Gasteiger partial charge is 0.491 e. The van der Waals surface area contributed by atoms with Crippen LogP contribution in [0.2, 0.25) is 5.02 Å². The maximum Gasteiger partial charge on any atom is 0.142 e. The van der Waals surface area contributed by atoms with Crippen LogP contribution >= 0.6 is 22.9 Å². The summed E-state index contributed by atoms with van der Waals surface area (Å²) < 4.78 is 5.79. The van der Waals surface area contributed by atoms with Crippen LogP contribution in [0.3, 0.4) is 0 Å². The van der Waals surface area contributed by atoms with Gasteiger partial charge in [0.25, 0.3) is 0 Å². The van der Waals surface area contributed by atoms with Gasteiger partial charge in [-0.2, -0.15) is 0 Å². The number of thiophene rings is 1. The molecule has 0 aliphatic rings. The van der Waals surface area contributed by atoms with E-state index in [-0.39, 0.29) is 6.04 Å². The number of halogens is 1. The summed E-state index contributed by atoms with van der Waals surface area (Å²) in [5.41, 5.74) is 0.964. The van der Waals surface area contributed by atoms with Crippen LogP contribution in [0.4, 0.5) is 5.69 Å². The third-order valence-electron chi connectivity index (χ3n) is 3.03. The molecule has 0 aliphatic heterocycles. The van der Waals surface area contributed by atoms with Crippen LogP contribution in [0.1, 0.15) is 37.6 Å². The lowest BCUT2D eigenvalue weighted by Gasteiger charge is -2.20. The number of benzene rings is 1. The second-order valence-corrected chi connectivity index (χ2v) is 6.03. The Labute approximate surface area is 129 Å². The molecule has 1 aromatic heterocycles. The minimum Gasteiger partial charge on any atom is -0.491 e. The first kappa shape index (κ1) is 15.2. The van der Waals surface area contributed by atoms with E-state index in [9.17, 15) is 0 Å². The highest BCUT2D eigenvalue weighted by Crippen LogP contribution is 2.33. The van der Waals surface area contributed by atoms with E-state index in [1.54, 1.807) is 11.3 Å². The number of hydrogen-bond donors (Lipinski definition) is 1. The number of ether oxygens (including phenoxy) is 1. The monoisotopic (exact) mass is 309 g/mol. The summed E-state index contributed by atoms with van der Waals surface area (Å²) in [5.74, 6) is 0.867.